The van der Waals surface area contributed by atoms with Gasteiger partial charge in [0.1, 0.15) is 5.69 Å². The second-order valence-electron chi connectivity index (χ2n) is 2.60. The van der Waals surface area contributed by atoms with Crippen LogP contribution in [0.5, 0.6) is 0 Å². The molecule has 1 rings (SSSR count). The first-order chi connectivity index (χ1) is 6.17. The van der Waals surface area contributed by atoms with E-state index in [9.17, 15) is 0 Å². The lowest BCUT2D eigenvalue weighted by molar-refractivity contribution is 0.233. The van der Waals surface area contributed by atoms with Gasteiger partial charge in [-0.3, -0.25) is 9.89 Å². The molecular weight excluding hydrogens is 170 g/mol. The molecule has 0 bridgehead atoms. The topological polar surface area (TPSA) is 88.5 Å². The van der Waals surface area contributed by atoms with Crippen molar-refractivity contribution < 1.29 is 5.21 Å². The van der Waals surface area contributed by atoms with Gasteiger partial charge in [-0.1, -0.05) is 6.92 Å². The smallest absolute Gasteiger partial charge is 0.218 e. The summed E-state index contributed by atoms with van der Waals surface area (Å²) in [4.78, 5) is 3.92. The van der Waals surface area contributed by atoms with Gasteiger partial charge >= 0.3 is 0 Å². The quantitative estimate of drug-likeness (QED) is 0.339. The van der Waals surface area contributed by atoms with Gasteiger partial charge in [-0.25, -0.2) is 10.5 Å². The number of nitrogens with zero attached hydrogens (tertiary/aromatic N) is 3. The Balaban J connectivity index is 2.99. The monoisotopic (exact) mass is 183 g/mol. The van der Waals surface area contributed by atoms with E-state index in [0.29, 0.717) is 5.69 Å². The van der Waals surface area contributed by atoms with E-state index in [1.165, 1.54) is 0 Å². The Morgan fingerprint density at radius 3 is 3.08 bits per heavy atom. The fourth-order valence-electron chi connectivity index (χ4n) is 1.02. The number of guanidine groups is 1. The van der Waals surface area contributed by atoms with Crippen molar-refractivity contribution in [3.8, 4) is 0 Å². The van der Waals surface area contributed by atoms with Gasteiger partial charge < -0.3 is 5.73 Å². The van der Waals surface area contributed by atoms with E-state index in [1.54, 1.807) is 23.4 Å². The molecule has 6 nitrogen and oxygen atoms in total. The second kappa shape index (κ2) is 3.90. The maximum absolute atomic E-state index is 8.43. The standard InChI is InChI=1S/C7H13N5O/c1-3-5-6(4-12(2)10-5)9-7(8)11-13/h4,13H,3H2,1-2H3,(H3,8,9,11). The average molecular weight is 183 g/mol. The summed E-state index contributed by atoms with van der Waals surface area (Å²) in [6.45, 7) is 1.98. The van der Waals surface area contributed by atoms with Crippen LogP contribution in [-0.2, 0) is 13.5 Å². The molecule has 6 heteroatoms. The summed E-state index contributed by atoms with van der Waals surface area (Å²) in [6.07, 6.45) is 2.52. The highest BCUT2D eigenvalue weighted by Gasteiger charge is 2.04. The molecule has 1 aromatic heterocycles. The molecule has 0 aliphatic rings. The zero-order valence-corrected chi connectivity index (χ0v) is 7.65. The number of aryl methyl sites for hydroxylation is 2. The molecule has 0 fully saturated rings. The van der Waals surface area contributed by atoms with Crippen LogP contribution in [0.3, 0.4) is 0 Å². The second-order valence-corrected chi connectivity index (χ2v) is 2.60. The van der Waals surface area contributed by atoms with Gasteiger partial charge in [0, 0.05) is 7.05 Å². The van der Waals surface area contributed by atoms with Crippen LogP contribution >= 0.6 is 0 Å². The summed E-state index contributed by atoms with van der Waals surface area (Å²) in [7, 11) is 1.81. The molecule has 0 aromatic carbocycles. The highest BCUT2D eigenvalue weighted by atomic mass is 16.5. The van der Waals surface area contributed by atoms with Crippen LogP contribution < -0.4 is 11.2 Å². The normalized spacial score (nSPS) is 11.8. The lowest BCUT2D eigenvalue weighted by Gasteiger charge is -1.95. The van der Waals surface area contributed by atoms with Crippen molar-refractivity contribution in [2.45, 2.75) is 13.3 Å². The molecule has 0 aliphatic heterocycles. The predicted molar refractivity (Wildman–Crippen MR) is 48.8 cm³/mol. The van der Waals surface area contributed by atoms with Crippen LogP contribution in [0.1, 0.15) is 12.6 Å². The van der Waals surface area contributed by atoms with E-state index < -0.39 is 0 Å². The van der Waals surface area contributed by atoms with Crippen molar-refractivity contribution in [3.05, 3.63) is 11.9 Å². The fourth-order valence-corrected chi connectivity index (χ4v) is 1.02. The van der Waals surface area contributed by atoms with E-state index in [4.69, 9.17) is 10.9 Å². The third-order valence-electron chi connectivity index (χ3n) is 1.57. The van der Waals surface area contributed by atoms with E-state index in [2.05, 4.69) is 10.1 Å². The van der Waals surface area contributed by atoms with Gasteiger partial charge in [-0.15, -0.1) is 0 Å². The maximum Gasteiger partial charge on any atom is 0.218 e. The van der Waals surface area contributed by atoms with Gasteiger partial charge in [0.15, 0.2) is 0 Å². The molecule has 0 aliphatic carbocycles. The van der Waals surface area contributed by atoms with Gasteiger partial charge in [0.25, 0.3) is 0 Å². The highest BCUT2D eigenvalue weighted by molar-refractivity contribution is 5.79. The Hall–Kier alpha value is -1.56. The van der Waals surface area contributed by atoms with Crippen LogP contribution in [0.2, 0.25) is 0 Å². The van der Waals surface area contributed by atoms with Crippen LogP contribution in [0, 0.1) is 0 Å². The maximum atomic E-state index is 8.43. The van der Waals surface area contributed by atoms with Crippen molar-refractivity contribution in [3.63, 3.8) is 0 Å². The molecule has 1 heterocycles. The zero-order chi connectivity index (χ0) is 9.84. The minimum Gasteiger partial charge on any atom is -0.368 e. The molecule has 1 aromatic rings. The fraction of sp³-hybridized carbons (Fsp3) is 0.429. The number of hydrogen-bond donors (Lipinski definition) is 3. The van der Waals surface area contributed by atoms with Crippen LogP contribution in [0.15, 0.2) is 11.2 Å². The number of hydrogen-bond acceptors (Lipinski definition) is 3. The molecule has 0 radical (unpaired) electrons. The first-order valence-corrected chi connectivity index (χ1v) is 3.94. The Morgan fingerprint density at radius 2 is 2.54 bits per heavy atom. The summed E-state index contributed by atoms with van der Waals surface area (Å²) >= 11 is 0. The van der Waals surface area contributed by atoms with Gasteiger partial charge in [-0.05, 0) is 6.42 Å². The molecule has 0 saturated carbocycles. The number of aromatic nitrogens is 2. The zero-order valence-electron chi connectivity index (χ0n) is 7.65. The summed E-state index contributed by atoms with van der Waals surface area (Å²) in [5.41, 5.74) is 8.57. The summed E-state index contributed by atoms with van der Waals surface area (Å²) in [5, 5.41) is 12.6. The molecule has 0 saturated heterocycles. The average Bonchev–Trinajstić information content (AvgIpc) is 2.46. The lowest BCUT2D eigenvalue weighted by atomic mass is 10.3. The largest absolute Gasteiger partial charge is 0.368 e. The van der Waals surface area contributed by atoms with Gasteiger partial charge in [0.05, 0.1) is 11.9 Å². The van der Waals surface area contributed by atoms with Gasteiger partial charge in [-0.2, -0.15) is 5.10 Å². The van der Waals surface area contributed by atoms with E-state index in [1.807, 2.05) is 6.92 Å². The molecular formula is C7H13N5O. The minimum absolute atomic E-state index is 0.0392. The molecule has 0 atom stereocenters. The highest BCUT2D eigenvalue weighted by Crippen LogP contribution is 2.16. The number of rotatable bonds is 2. The van der Waals surface area contributed by atoms with Crippen LogP contribution in [0.25, 0.3) is 0 Å². The Labute approximate surface area is 76.0 Å². The number of aliphatic imine (C=N–C) groups is 1. The van der Waals surface area contributed by atoms with Crippen molar-refractivity contribution in [2.24, 2.45) is 17.8 Å². The first kappa shape index (κ1) is 9.53. The van der Waals surface area contributed by atoms with Crippen LogP contribution in [-0.4, -0.2) is 20.9 Å². The third kappa shape index (κ3) is 2.19. The van der Waals surface area contributed by atoms with Crippen molar-refractivity contribution in [2.75, 3.05) is 0 Å². The van der Waals surface area contributed by atoms with Crippen molar-refractivity contribution in [1.82, 2.24) is 15.3 Å². The first-order valence-electron chi connectivity index (χ1n) is 3.94. The third-order valence-corrected chi connectivity index (χ3v) is 1.57. The van der Waals surface area contributed by atoms with Crippen molar-refractivity contribution >= 4 is 11.6 Å². The Bertz CT molecular complexity index is 317. The molecule has 0 unspecified atom stereocenters. The number of hydroxylamine groups is 1. The molecule has 13 heavy (non-hydrogen) atoms. The molecule has 0 amide bonds. The van der Waals surface area contributed by atoms with Gasteiger partial charge in [0.2, 0.25) is 5.96 Å². The van der Waals surface area contributed by atoms with E-state index >= 15 is 0 Å². The van der Waals surface area contributed by atoms with E-state index in [0.717, 1.165) is 12.1 Å². The lowest BCUT2D eigenvalue weighted by Crippen LogP contribution is -2.27. The molecule has 4 N–H and O–H groups in total. The van der Waals surface area contributed by atoms with E-state index in [-0.39, 0.29) is 5.96 Å². The molecule has 0 spiro atoms. The van der Waals surface area contributed by atoms with Crippen LogP contribution in [0.4, 0.5) is 5.69 Å². The summed E-state index contributed by atoms with van der Waals surface area (Å²) < 4.78 is 1.66. The minimum atomic E-state index is -0.0392. The predicted octanol–water partition coefficient (Wildman–Crippen LogP) is -0.0925. The summed E-state index contributed by atoms with van der Waals surface area (Å²) in [5.74, 6) is -0.0392. The number of nitrogens with two attached hydrogens (primary N) is 1. The summed E-state index contributed by atoms with van der Waals surface area (Å²) in [6, 6.07) is 0. The number of nitrogens with one attached hydrogen (secondary N) is 1. The SMILES string of the molecule is CCc1nn(C)cc1N=C(N)NO. The molecule has 72 valence electrons. The Morgan fingerprint density at radius 1 is 1.85 bits per heavy atom. The Kier molecular flexibility index (Phi) is 2.86. The van der Waals surface area contributed by atoms with Crippen molar-refractivity contribution in [1.29, 1.82) is 0 Å².